The van der Waals surface area contributed by atoms with Gasteiger partial charge in [0.25, 0.3) is 0 Å². The van der Waals surface area contributed by atoms with Gasteiger partial charge < -0.3 is 15.5 Å². The molecule has 0 fully saturated rings. The summed E-state index contributed by atoms with van der Waals surface area (Å²) in [5.74, 6) is 0. The molecular formula is C10H23NO2. The molecular weight excluding hydrogens is 166 g/mol. The van der Waals surface area contributed by atoms with Crippen LogP contribution in [0.5, 0.6) is 0 Å². The summed E-state index contributed by atoms with van der Waals surface area (Å²) in [4.78, 5) is 0. The van der Waals surface area contributed by atoms with Crippen LogP contribution in [0.4, 0.5) is 0 Å². The van der Waals surface area contributed by atoms with Gasteiger partial charge in [-0.25, -0.2) is 0 Å². The summed E-state index contributed by atoms with van der Waals surface area (Å²) < 4.78 is 0. The highest BCUT2D eigenvalue weighted by Gasteiger charge is 2.26. The van der Waals surface area contributed by atoms with Crippen molar-refractivity contribution >= 4 is 0 Å². The molecule has 0 aliphatic heterocycles. The van der Waals surface area contributed by atoms with E-state index in [4.69, 9.17) is 10.2 Å². The largest absolute Gasteiger partial charge is 0.396 e. The number of hydrogen-bond acceptors (Lipinski definition) is 3. The second kappa shape index (κ2) is 4.94. The summed E-state index contributed by atoms with van der Waals surface area (Å²) in [6.45, 7) is 8.61. The molecule has 0 aromatic heterocycles. The SMILES string of the molecule is CC(C)(CCO)NC(C)(C)CCO. The average molecular weight is 189 g/mol. The monoisotopic (exact) mass is 189 g/mol. The second-order valence-corrected chi connectivity index (χ2v) is 4.84. The summed E-state index contributed by atoms with van der Waals surface area (Å²) in [7, 11) is 0. The fourth-order valence-electron chi connectivity index (χ4n) is 1.60. The highest BCUT2D eigenvalue weighted by atomic mass is 16.3. The minimum atomic E-state index is -0.0760. The van der Waals surface area contributed by atoms with E-state index in [1.807, 2.05) is 0 Å². The first-order chi connectivity index (χ1) is 5.83. The number of rotatable bonds is 6. The van der Waals surface area contributed by atoms with E-state index in [0.29, 0.717) is 0 Å². The van der Waals surface area contributed by atoms with E-state index in [2.05, 4.69) is 33.0 Å². The first-order valence-corrected chi connectivity index (χ1v) is 4.84. The molecule has 0 radical (unpaired) electrons. The fourth-order valence-corrected chi connectivity index (χ4v) is 1.60. The molecule has 0 saturated heterocycles. The lowest BCUT2D eigenvalue weighted by atomic mass is 9.93. The van der Waals surface area contributed by atoms with Crippen LogP contribution < -0.4 is 5.32 Å². The zero-order valence-electron chi connectivity index (χ0n) is 9.22. The molecule has 0 aliphatic carbocycles. The summed E-state index contributed by atoms with van der Waals surface area (Å²) in [5, 5.41) is 21.1. The Balaban J connectivity index is 4.07. The molecule has 0 bridgehead atoms. The van der Waals surface area contributed by atoms with E-state index in [9.17, 15) is 0 Å². The van der Waals surface area contributed by atoms with Crippen LogP contribution in [0.3, 0.4) is 0 Å². The van der Waals surface area contributed by atoms with Gasteiger partial charge in [0.1, 0.15) is 0 Å². The van der Waals surface area contributed by atoms with Gasteiger partial charge in [0, 0.05) is 24.3 Å². The normalized spacial score (nSPS) is 13.4. The Kier molecular flexibility index (Phi) is 4.89. The van der Waals surface area contributed by atoms with Crippen LogP contribution in [0.2, 0.25) is 0 Å². The Morgan fingerprint density at radius 3 is 1.38 bits per heavy atom. The number of nitrogens with one attached hydrogen (secondary N) is 1. The van der Waals surface area contributed by atoms with Gasteiger partial charge in [-0.2, -0.15) is 0 Å². The van der Waals surface area contributed by atoms with Gasteiger partial charge in [0.15, 0.2) is 0 Å². The molecule has 0 rings (SSSR count). The number of hydrogen-bond donors (Lipinski definition) is 3. The molecule has 0 unspecified atom stereocenters. The van der Waals surface area contributed by atoms with E-state index < -0.39 is 0 Å². The first kappa shape index (κ1) is 12.9. The lowest BCUT2D eigenvalue weighted by Crippen LogP contribution is -2.52. The molecule has 13 heavy (non-hydrogen) atoms. The van der Waals surface area contributed by atoms with Crippen LogP contribution in [-0.4, -0.2) is 34.5 Å². The minimum absolute atomic E-state index is 0.0760. The van der Waals surface area contributed by atoms with Crippen LogP contribution in [0.15, 0.2) is 0 Å². The van der Waals surface area contributed by atoms with Crippen molar-refractivity contribution in [1.82, 2.24) is 5.32 Å². The van der Waals surface area contributed by atoms with E-state index in [1.54, 1.807) is 0 Å². The van der Waals surface area contributed by atoms with Crippen molar-refractivity contribution in [3.05, 3.63) is 0 Å². The van der Waals surface area contributed by atoms with Crippen molar-refractivity contribution in [3.8, 4) is 0 Å². The third-order valence-corrected chi connectivity index (χ3v) is 2.15. The molecule has 0 aliphatic rings. The maximum atomic E-state index is 8.84. The molecule has 0 atom stereocenters. The van der Waals surface area contributed by atoms with Gasteiger partial charge in [0.2, 0.25) is 0 Å². The highest BCUT2D eigenvalue weighted by molar-refractivity contribution is 4.87. The molecule has 3 N–H and O–H groups in total. The average Bonchev–Trinajstić information content (AvgIpc) is 1.82. The fraction of sp³-hybridized carbons (Fsp3) is 1.00. The van der Waals surface area contributed by atoms with Crippen molar-refractivity contribution in [3.63, 3.8) is 0 Å². The Morgan fingerprint density at radius 2 is 1.15 bits per heavy atom. The zero-order valence-corrected chi connectivity index (χ0v) is 9.22. The lowest BCUT2D eigenvalue weighted by molar-refractivity contribution is 0.168. The predicted molar refractivity (Wildman–Crippen MR) is 54.7 cm³/mol. The maximum Gasteiger partial charge on any atom is 0.0448 e. The Bertz CT molecular complexity index is 128. The molecule has 0 spiro atoms. The maximum absolute atomic E-state index is 8.84. The van der Waals surface area contributed by atoms with Gasteiger partial charge in [-0.05, 0) is 40.5 Å². The summed E-state index contributed by atoms with van der Waals surface area (Å²) in [6, 6.07) is 0. The third kappa shape index (κ3) is 6.02. The Morgan fingerprint density at radius 1 is 0.846 bits per heavy atom. The highest BCUT2D eigenvalue weighted by Crippen LogP contribution is 2.16. The van der Waals surface area contributed by atoms with Gasteiger partial charge in [0.05, 0.1) is 0 Å². The van der Waals surface area contributed by atoms with Crippen molar-refractivity contribution < 1.29 is 10.2 Å². The van der Waals surface area contributed by atoms with Crippen molar-refractivity contribution in [2.75, 3.05) is 13.2 Å². The topological polar surface area (TPSA) is 52.5 Å². The molecule has 0 aromatic carbocycles. The zero-order chi connectivity index (χ0) is 10.5. The molecule has 0 heterocycles. The minimum Gasteiger partial charge on any atom is -0.396 e. The second-order valence-electron chi connectivity index (χ2n) is 4.84. The molecule has 0 amide bonds. The van der Waals surface area contributed by atoms with Crippen LogP contribution >= 0.6 is 0 Å². The van der Waals surface area contributed by atoms with Crippen LogP contribution in [0.25, 0.3) is 0 Å². The van der Waals surface area contributed by atoms with Crippen molar-refractivity contribution in [2.45, 2.75) is 51.6 Å². The van der Waals surface area contributed by atoms with Crippen LogP contribution in [0.1, 0.15) is 40.5 Å². The van der Waals surface area contributed by atoms with Gasteiger partial charge in [-0.3, -0.25) is 0 Å². The molecule has 80 valence electrons. The Labute approximate surface area is 81.2 Å². The quantitative estimate of drug-likeness (QED) is 0.582. The molecule has 3 nitrogen and oxygen atoms in total. The van der Waals surface area contributed by atoms with Gasteiger partial charge in [-0.15, -0.1) is 0 Å². The third-order valence-electron chi connectivity index (χ3n) is 2.15. The molecule has 0 saturated carbocycles. The van der Waals surface area contributed by atoms with Gasteiger partial charge >= 0.3 is 0 Å². The van der Waals surface area contributed by atoms with E-state index >= 15 is 0 Å². The summed E-state index contributed by atoms with van der Waals surface area (Å²) in [5.41, 5.74) is -0.152. The smallest absolute Gasteiger partial charge is 0.0448 e. The number of aliphatic hydroxyl groups excluding tert-OH is 2. The van der Waals surface area contributed by atoms with E-state index in [-0.39, 0.29) is 24.3 Å². The molecule has 0 aromatic rings. The van der Waals surface area contributed by atoms with E-state index in [1.165, 1.54) is 0 Å². The summed E-state index contributed by atoms with van der Waals surface area (Å²) in [6.07, 6.45) is 1.45. The van der Waals surface area contributed by atoms with E-state index in [0.717, 1.165) is 12.8 Å². The van der Waals surface area contributed by atoms with Crippen molar-refractivity contribution in [2.24, 2.45) is 0 Å². The first-order valence-electron chi connectivity index (χ1n) is 4.84. The van der Waals surface area contributed by atoms with Crippen molar-refractivity contribution in [1.29, 1.82) is 0 Å². The van der Waals surface area contributed by atoms with Crippen LogP contribution in [-0.2, 0) is 0 Å². The summed E-state index contributed by atoms with van der Waals surface area (Å²) >= 11 is 0. The van der Waals surface area contributed by atoms with Gasteiger partial charge in [-0.1, -0.05) is 0 Å². The standard InChI is InChI=1S/C10H23NO2/c1-9(2,5-7-12)11-10(3,4)6-8-13/h11-13H,5-8H2,1-4H3. The lowest BCUT2D eigenvalue weighted by Gasteiger charge is -2.36. The number of aliphatic hydroxyl groups is 2. The Hall–Kier alpha value is -0.120. The molecule has 3 heteroatoms. The van der Waals surface area contributed by atoms with Crippen LogP contribution in [0, 0.1) is 0 Å². The predicted octanol–water partition coefficient (Wildman–Crippen LogP) is 0.898.